The molecule has 2 aliphatic rings. The van der Waals surface area contributed by atoms with E-state index in [0.717, 1.165) is 59.3 Å². The van der Waals surface area contributed by atoms with Gasteiger partial charge >= 0.3 is 0 Å². The van der Waals surface area contributed by atoms with Crippen molar-refractivity contribution in [2.24, 2.45) is 11.8 Å². The Balaban J connectivity index is 1.26. The third kappa shape index (κ3) is 4.86. The van der Waals surface area contributed by atoms with Crippen LogP contribution in [0.5, 0.6) is 0 Å². The number of nitrogens with zero attached hydrogens (tertiary/aromatic N) is 3. The normalized spacial score (nSPS) is 21.9. The first-order chi connectivity index (χ1) is 14.8. The molecule has 2 aromatic rings. The first-order valence-electron chi connectivity index (χ1n) is 10.9. The lowest BCUT2D eigenvalue weighted by Crippen LogP contribution is -2.38. The second kappa shape index (κ2) is 9.15. The van der Waals surface area contributed by atoms with Crippen LogP contribution in [0.15, 0.2) is 30.5 Å². The van der Waals surface area contributed by atoms with Crippen molar-refractivity contribution in [1.29, 1.82) is 0 Å². The molecule has 3 heterocycles. The van der Waals surface area contributed by atoms with Crippen LogP contribution < -0.4 is 5.32 Å². The van der Waals surface area contributed by atoms with Crippen molar-refractivity contribution in [2.45, 2.75) is 26.9 Å². The van der Waals surface area contributed by atoms with Gasteiger partial charge in [0.1, 0.15) is 0 Å². The lowest BCUT2D eigenvalue weighted by atomic mass is 10.0. The van der Waals surface area contributed by atoms with Crippen LogP contribution in [0.4, 0.5) is 5.69 Å². The van der Waals surface area contributed by atoms with Crippen molar-refractivity contribution in [3.63, 3.8) is 0 Å². The Hall–Kier alpha value is -2.15. The zero-order chi connectivity index (χ0) is 22.1. The Labute approximate surface area is 189 Å². The molecular formula is C24H31ClN4O2. The molecule has 2 N–H and O–H groups in total. The van der Waals surface area contributed by atoms with Gasteiger partial charge in [0, 0.05) is 56.2 Å². The number of likely N-dealkylation sites (tertiary alicyclic amines) is 2. The number of fused-ring (bicyclic) bond motifs is 1. The number of β-amino-alcohol motifs (C(OH)–C–C–N with tert-alkyl or cyclic N) is 1. The van der Waals surface area contributed by atoms with Gasteiger partial charge in [-0.3, -0.25) is 14.7 Å². The highest BCUT2D eigenvalue weighted by molar-refractivity contribution is 6.31. The number of nitrogens with one attached hydrogen (secondary N) is 1. The van der Waals surface area contributed by atoms with Crippen LogP contribution in [0.25, 0.3) is 0 Å². The van der Waals surface area contributed by atoms with Crippen LogP contribution in [-0.4, -0.2) is 71.2 Å². The molecule has 0 spiro atoms. The number of benzene rings is 1. The van der Waals surface area contributed by atoms with Crippen molar-refractivity contribution >= 4 is 23.2 Å². The fourth-order valence-corrected chi connectivity index (χ4v) is 5.06. The molecule has 1 aromatic carbocycles. The average molecular weight is 443 g/mol. The number of aliphatic hydroxyl groups excluding tert-OH is 1. The summed E-state index contributed by atoms with van der Waals surface area (Å²) in [5, 5.41) is 14.5. The smallest absolute Gasteiger partial charge is 0.255 e. The number of aryl methyl sites for hydroxylation is 3. The van der Waals surface area contributed by atoms with E-state index in [9.17, 15) is 9.90 Å². The van der Waals surface area contributed by atoms with Crippen LogP contribution in [0.2, 0.25) is 5.02 Å². The van der Waals surface area contributed by atoms with Gasteiger partial charge in [0.15, 0.2) is 0 Å². The topological polar surface area (TPSA) is 68.7 Å². The number of aromatic nitrogens is 1. The van der Waals surface area contributed by atoms with E-state index >= 15 is 0 Å². The van der Waals surface area contributed by atoms with Crippen LogP contribution in [0.1, 0.15) is 27.2 Å². The van der Waals surface area contributed by atoms with Crippen molar-refractivity contribution in [2.75, 3.05) is 44.6 Å². The predicted molar refractivity (Wildman–Crippen MR) is 124 cm³/mol. The molecule has 7 heteroatoms. The molecule has 0 radical (unpaired) electrons. The number of carbonyl (C=O) groups excluding carboxylic acids is 1. The van der Waals surface area contributed by atoms with Gasteiger partial charge in [-0.25, -0.2) is 0 Å². The van der Waals surface area contributed by atoms with Gasteiger partial charge in [0.2, 0.25) is 0 Å². The summed E-state index contributed by atoms with van der Waals surface area (Å²) in [6.07, 6.45) is 1.29. The summed E-state index contributed by atoms with van der Waals surface area (Å²) < 4.78 is 0. The number of halogens is 1. The Bertz CT molecular complexity index is 932. The third-order valence-electron chi connectivity index (χ3n) is 6.59. The lowest BCUT2D eigenvalue weighted by Gasteiger charge is -2.24. The SMILES string of the molecule is Cc1ccc(NCC(O)CN2CC3CN(C(=O)c4c(C)ccnc4C)CC3C2)cc1Cl. The van der Waals surface area contributed by atoms with Crippen molar-refractivity contribution in [3.8, 4) is 0 Å². The summed E-state index contributed by atoms with van der Waals surface area (Å²) in [5.41, 5.74) is 4.49. The Morgan fingerprint density at radius 1 is 1.16 bits per heavy atom. The number of aliphatic hydroxyl groups is 1. The predicted octanol–water partition coefficient (Wildman–Crippen LogP) is 3.14. The van der Waals surface area contributed by atoms with E-state index in [1.807, 2.05) is 49.9 Å². The Morgan fingerprint density at radius 3 is 2.52 bits per heavy atom. The maximum absolute atomic E-state index is 13.1. The summed E-state index contributed by atoms with van der Waals surface area (Å²) in [6.45, 7) is 10.4. The van der Waals surface area contributed by atoms with E-state index in [-0.39, 0.29) is 5.91 Å². The third-order valence-corrected chi connectivity index (χ3v) is 7.00. The largest absolute Gasteiger partial charge is 0.390 e. The first-order valence-corrected chi connectivity index (χ1v) is 11.3. The molecule has 2 saturated heterocycles. The van der Waals surface area contributed by atoms with E-state index in [0.29, 0.717) is 24.9 Å². The molecule has 0 bridgehead atoms. The second-order valence-electron chi connectivity index (χ2n) is 9.04. The van der Waals surface area contributed by atoms with Crippen molar-refractivity contribution in [3.05, 3.63) is 57.9 Å². The molecule has 0 aliphatic carbocycles. The fraction of sp³-hybridized carbons (Fsp3) is 0.500. The molecular weight excluding hydrogens is 412 g/mol. The van der Waals surface area contributed by atoms with Crippen LogP contribution in [0, 0.1) is 32.6 Å². The molecule has 31 heavy (non-hydrogen) atoms. The number of pyridine rings is 1. The molecule has 2 aliphatic heterocycles. The van der Waals surface area contributed by atoms with Crippen molar-refractivity contribution < 1.29 is 9.90 Å². The quantitative estimate of drug-likeness (QED) is 0.719. The number of anilines is 1. The Kier molecular flexibility index (Phi) is 6.51. The lowest BCUT2D eigenvalue weighted by molar-refractivity contribution is 0.0762. The number of amides is 1. The molecule has 3 unspecified atom stereocenters. The number of rotatable bonds is 6. The van der Waals surface area contributed by atoms with Gasteiger partial charge in [0.05, 0.1) is 17.4 Å². The van der Waals surface area contributed by atoms with Gasteiger partial charge in [-0.15, -0.1) is 0 Å². The molecule has 0 saturated carbocycles. The zero-order valence-electron chi connectivity index (χ0n) is 18.4. The highest BCUT2D eigenvalue weighted by Gasteiger charge is 2.42. The van der Waals surface area contributed by atoms with Crippen LogP contribution in [-0.2, 0) is 0 Å². The molecule has 4 rings (SSSR count). The molecule has 1 amide bonds. The number of carbonyl (C=O) groups is 1. The van der Waals surface area contributed by atoms with Gasteiger partial charge in [-0.2, -0.15) is 0 Å². The minimum Gasteiger partial charge on any atom is -0.390 e. The molecule has 1 aromatic heterocycles. The molecule has 2 fully saturated rings. The highest BCUT2D eigenvalue weighted by atomic mass is 35.5. The second-order valence-corrected chi connectivity index (χ2v) is 9.44. The summed E-state index contributed by atoms with van der Waals surface area (Å²) in [4.78, 5) is 21.7. The number of hydrogen-bond acceptors (Lipinski definition) is 5. The van der Waals surface area contributed by atoms with Crippen LogP contribution in [0.3, 0.4) is 0 Å². The molecule has 166 valence electrons. The van der Waals surface area contributed by atoms with E-state index in [1.54, 1.807) is 6.20 Å². The summed E-state index contributed by atoms with van der Waals surface area (Å²) in [5.74, 6) is 1.04. The van der Waals surface area contributed by atoms with Gasteiger partial charge < -0.3 is 15.3 Å². The average Bonchev–Trinajstić information content (AvgIpc) is 3.27. The monoisotopic (exact) mass is 442 g/mol. The number of hydrogen-bond donors (Lipinski definition) is 2. The van der Waals surface area contributed by atoms with Gasteiger partial charge in [-0.1, -0.05) is 17.7 Å². The summed E-state index contributed by atoms with van der Waals surface area (Å²) in [6, 6.07) is 7.74. The summed E-state index contributed by atoms with van der Waals surface area (Å²) in [7, 11) is 0. The maximum atomic E-state index is 13.1. The van der Waals surface area contributed by atoms with Gasteiger partial charge in [0.25, 0.3) is 5.91 Å². The van der Waals surface area contributed by atoms with E-state index in [2.05, 4.69) is 15.2 Å². The maximum Gasteiger partial charge on any atom is 0.255 e. The highest BCUT2D eigenvalue weighted by Crippen LogP contribution is 2.32. The minimum atomic E-state index is -0.461. The molecule has 6 nitrogen and oxygen atoms in total. The zero-order valence-corrected chi connectivity index (χ0v) is 19.2. The van der Waals surface area contributed by atoms with Crippen molar-refractivity contribution in [1.82, 2.24) is 14.8 Å². The molecule has 3 atom stereocenters. The van der Waals surface area contributed by atoms with Gasteiger partial charge in [-0.05, 0) is 61.9 Å². The first kappa shape index (κ1) is 22.1. The summed E-state index contributed by atoms with van der Waals surface area (Å²) >= 11 is 6.17. The minimum absolute atomic E-state index is 0.102. The van der Waals surface area contributed by atoms with E-state index in [4.69, 9.17) is 11.6 Å². The van der Waals surface area contributed by atoms with E-state index < -0.39 is 6.10 Å². The fourth-order valence-electron chi connectivity index (χ4n) is 4.88. The Morgan fingerprint density at radius 2 is 1.87 bits per heavy atom. The standard InChI is InChI=1S/C24H31ClN4O2/c1-15-4-5-20(8-22(15)25)27-9-21(30)14-28-10-18-12-29(13-19(18)11-28)24(31)23-16(2)6-7-26-17(23)3/h4-8,18-19,21,27,30H,9-14H2,1-3H3. The van der Waals surface area contributed by atoms with Crippen LogP contribution >= 0.6 is 11.6 Å². The van der Waals surface area contributed by atoms with E-state index in [1.165, 1.54) is 0 Å².